The number of carbonyl (C=O) groups excluding carboxylic acids is 1. The van der Waals surface area contributed by atoms with Crippen LogP contribution in [0.2, 0.25) is 0 Å². The molecule has 18 heavy (non-hydrogen) atoms. The maximum Gasteiger partial charge on any atom is 0.307 e. The van der Waals surface area contributed by atoms with E-state index >= 15 is 0 Å². The van der Waals surface area contributed by atoms with Gasteiger partial charge in [-0.25, -0.2) is 0 Å². The SMILES string of the molecule is CC1CCCC(OC(=O)CC2(N)CCCCC2)C1. The van der Waals surface area contributed by atoms with Crippen molar-refractivity contribution < 1.29 is 9.53 Å². The molecule has 0 aromatic heterocycles. The standard InChI is InChI=1S/C15H27NO2/c1-12-6-5-7-13(10-12)18-14(17)11-15(16)8-3-2-4-9-15/h12-13H,2-11,16H2,1H3. The van der Waals surface area contributed by atoms with E-state index in [1.165, 1.54) is 19.3 Å². The lowest BCUT2D eigenvalue weighted by molar-refractivity contribution is -0.153. The van der Waals surface area contributed by atoms with E-state index in [2.05, 4.69) is 6.92 Å². The highest BCUT2D eigenvalue weighted by atomic mass is 16.5. The van der Waals surface area contributed by atoms with Crippen LogP contribution in [0.3, 0.4) is 0 Å². The Hall–Kier alpha value is -0.570. The van der Waals surface area contributed by atoms with Crippen molar-refractivity contribution in [2.24, 2.45) is 11.7 Å². The number of hydrogen-bond acceptors (Lipinski definition) is 3. The number of esters is 1. The molecule has 2 unspecified atom stereocenters. The summed E-state index contributed by atoms with van der Waals surface area (Å²) in [4.78, 5) is 12.0. The van der Waals surface area contributed by atoms with Gasteiger partial charge in [0.25, 0.3) is 0 Å². The Morgan fingerprint density at radius 3 is 2.61 bits per heavy atom. The Kier molecular flexibility index (Phi) is 4.66. The van der Waals surface area contributed by atoms with Crippen LogP contribution in [0.1, 0.15) is 71.1 Å². The monoisotopic (exact) mass is 253 g/mol. The van der Waals surface area contributed by atoms with Crippen molar-refractivity contribution in [3.63, 3.8) is 0 Å². The molecule has 3 nitrogen and oxygen atoms in total. The first-order valence-corrected chi connectivity index (χ1v) is 7.56. The van der Waals surface area contributed by atoms with Gasteiger partial charge in [0.1, 0.15) is 6.10 Å². The first-order valence-electron chi connectivity index (χ1n) is 7.56. The number of ether oxygens (including phenoxy) is 1. The zero-order valence-electron chi connectivity index (χ0n) is 11.6. The van der Waals surface area contributed by atoms with Crippen LogP contribution in [-0.4, -0.2) is 17.6 Å². The first-order chi connectivity index (χ1) is 8.57. The third kappa shape index (κ3) is 3.98. The van der Waals surface area contributed by atoms with Crippen molar-refractivity contribution in [2.45, 2.75) is 82.8 Å². The third-order valence-corrected chi connectivity index (χ3v) is 4.53. The summed E-state index contributed by atoms with van der Waals surface area (Å²) in [6, 6.07) is 0. The average molecular weight is 253 g/mol. The van der Waals surface area contributed by atoms with Gasteiger partial charge < -0.3 is 10.5 Å². The molecule has 0 aromatic carbocycles. The second-order valence-corrected chi connectivity index (χ2v) is 6.48. The molecule has 0 amide bonds. The zero-order chi connectivity index (χ0) is 13.0. The van der Waals surface area contributed by atoms with E-state index in [0.29, 0.717) is 12.3 Å². The number of rotatable bonds is 3. The van der Waals surface area contributed by atoms with Gasteiger partial charge in [0.05, 0.1) is 6.42 Å². The largest absolute Gasteiger partial charge is 0.462 e. The van der Waals surface area contributed by atoms with E-state index in [0.717, 1.165) is 38.5 Å². The minimum Gasteiger partial charge on any atom is -0.462 e. The van der Waals surface area contributed by atoms with Crippen LogP contribution in [0, 0.1) is 5.92 Å². The van der Waals surface area contributed by atoms with Crippen molar-refractivity contribution >= 4 is 5.97 Å². The van der Waals surface area contributed by atoms with Crippen LogP contribution in [0.4, 0.5) is 0 Å². The van der Waals surface area contributed by atoms with Gasteiger partial charge in [-0.1, -0.05) is 32.6 Å². The molecule has 2 aliphatic carbocycles. The normalized spacial score (nSPS) is 31.9. The number of carbonyl (C=O) groups is 1. The van der Waals surface area contributed by atoms with Crippen LogP contribution in [0.15, 0.2) is 0 Å². The van der Waals surface area contributed by atoms with E-state index in [-0.39, 0.29) is 17.6 Å². The van der Waals surface area contributed by atoms with Gasteiger partial charge in [0.15, 0.2) is 0 Å². The summed E-state index contributed by atoms with van der Waals surface area (Å²) in [6.45, 7) is 2.24. The molecule has 2 fully saturated rings. The Morgan fingerprint density at radius 1 is 1.22 bits per heavy atom. The molecule has 2 aliphatic rings. The van der Waals surface area contributed by atoms with Crippen molar-refractivity contribution in [1.82, 2.24) is 0 Å². The zero-order valence-corrected chi connectivity index (χ0v) is 11.6. The summed E-state index contributed by atoms with van der Waals surface area (Å²) in [5, 5.41) is 0. The number of nitrogens with two attached hydrogens (primary N) is 1. The lowest BCUT2D eigenvalue weighted by atomic mass is 9.80. The van der Waals surface area contributed by atoms with E-state index in [1.54, 1.807) is 0 Å². The second kappa shape index (κ2) is 6.05. The summed E-state index contributed by atoms with van der Waals surface area (Å²) >= 11 is 0. The molecule has 0 spiro atoms. The topological polar surface area (TPSA) is 52.3 Å². The van der Waals surface area contributed by atoms with Crippen LogP contribution < -0.4 is 5.73 Å². The molecular weight excluding hydrogens is 226 g/mol. The molecule has 2 saturated carbocycles. The molecule has 2 N–H and O–H groups in total. The Bertz CT molecular complexity index is 284. The molecule has 0 aromatic rings. The summed E-state index contributed by atoms with van der Waals surface area (Å²) in [5.74, 6) is 0.622. The average Bonchev–Trinajstić information content (AvgIpc) is 2.28. The molecule has 0 saturated heterocycles. The molecule has 0 aliphatic heterocycles. The molecule has 0 heterocycles. The summed E-state index contributed by atoms with van der Waals surface area (Å²) in [5.41, 5.74) is 6.01. The van der Waals surface area contributed by atoms with Crippen LogP contribution >= 0.6 is 0 Å². The third-order valence-electron chi connectivity index (χ3n) is 4.53. The highest BCUT2D eigenvalue weighted by Crippen LogP contribution is 2.30. The summed E-state index contributed by atoms with van der Waals surface area (Å²) < 4.78 is 5.61. The second-order valence-electron chi connectivity index (χ2n) is 6.48. The maximum absolute atomic E-state index is 12.0. The fourth-order valence-corrected chi connectivity index (χ4v) is 3.43. The van der Waals surface area contributed by atoms with E-state index < -0.39 is 0 Å². The van der Waals surface area contributed by atoms with Crippen LogP contribution in [0.5, 0.6) is 0 Å². The fourth-order valence-electron chi connectivity index (χ4n) is 3.43. The smallest absolute Gasteiger partial charge is 0.307 e. The fraction of sp³-hybridized carbons (Fsp3) is 0.933. The first kappa shape index (κ1) is 13.9. The minimum absolute atomic E-state index is 0.0708. The lowest BCUT2D eigenvalue weighted by Crippen LogP contribution is -2.44. The van der Waals surface area contributed by atoms with Gasteiger partial charge >= 0.3 is 5.97 Å². The predicted octanol–water partition coefficient (Wildman–Crippen LogP) is 3.16. The molecule has 0 bridgehead atoms. The number of hydrogen-bond donors (Lipinski definition) is 1. The maximum atomic E-state index is 12.0. The van der Waals surface area contributed by atoms with Crippen molar-refractivity contribution in [1.29, 1.82) is 0 Å². The van der Waals surface area contributed by atoms with Gasteiger partial charge in [-0.2, -0.15) is 0 Å². The van der Waals surface area contributed by atoms with Gasteiger partial charge in [-0.05, 0) is 38.0 Å². The Morgan fingerprint density at radius 2 is 1.94 bits per heavy atom. The molecule has 3 heteroatoms. The summed E-state index contributed by atoms with van der Waals surface area (Å²) in [7, 11) is 0. The van der Waals surface area contributed by atoms with Gasteiger partial charge in [0.2, 0.25) is 0 Å². The summed E-state index contributed by atoms with van der Waals surface area (Å²) in [6.07, 6.45) is 10.6. The highest BCUT2D eigenvalue weighted by Gasteiger charge is 2.32. The van der Waals surface area contributed by atoms with Crippen LogP contribution in [-0.2, 0) is 9.53 Å². The molecule has 2 atom stereocenters. The van der Waals surface area contributed by atoms with E-state index in [1.807, 2.05) is 0 Å². The van der Waals surface area contributed by atoms with E-state index in [9.17, 15) is 4.79 Å². The quantitative estimate of drug-likeness (QED) is 0.786. The Balaban J connectivity index is 1.77. The Labute approximate surface area is 110 Å². The molecular formula is C15H27NO2. The van der Waals surface area contributed by atoms with Gasteiger partial charge in [-0.15, -0.1) is 0 Å². The molecule has 0 radical (unpaired) electrons. The highest BCUT2D eigenvalue weighted by molar-refractivity contribution is 5.71. The van der Waals surface area contributed by atoms with Crippen LogP contribution in [0.25, 0.3) is 0 Å². The minimum atomic E-state index is -0.282. The predicted molar refractivity (Wildman–Crippen MR) is 72.1 cm³/mol. The van der Waals surface area contributed by atoms with Gasteiger partial charge in [-0.3, -0.25) is 4.79 Å². The van der Waals surface area contributed by atoms with Crippen molar-refractivity contribution in [3.05, 3.63) is 0 Å². The lowest BCUT2D eigenvalue weighted by Gasteiger charge is -2.33. The molecule has 104 valence electrons. The van der Waals surface area contributed by atoms with E-state index in [4.69, 9.17) is 10.5 Å². The van der Waals surface area contributed by atoms with Crippen molar-refractivity contribution in [3.8, 4) is 0 Å². The molecule has 2 rings (SSSR count). The van der Waals surface area contributed by atoms with Crippen molar-refractivity contribution in [2.75, 3.05) is 0 Å². The van der Waals surface area contributed by atoms with Gasteiger partial charge in [0, 0.05) is 5.54 Å².